The predicted molar refractivity (Wildman–Crippen MR) is 71.5 cm³/mol. The number of aromatic hydroxyl groups is 1. The Labute approximate surface area is 109 Å². The fraction of sp³-hybridized carbons (Fsp3) is 0.545. The van der Waals surface area contributed by atoms with Gasteiger partial charge in [-0.2, -0.15) is 5.10 Å². The van der Waals surface area contributed by atoms with E-state index in [1.54, 1.807) is 0 Å². The molecule has 1 aliphatic rings. The first-order valence-corrected chi connectivity index (χ1v) is 6.42. The van der Waals surface area contributed by atoms with Crippen LogP contribution in [0.15, 0.2) is 9.90 Å². The average Bonchev–Trinajstić information content (AvgIpc) is 2.56. The van der Waals surface area contributed by atoms with Crippen molar-refractivity contribution in [2.75, 3.05) is 13.1 Å². The molecule has 0 atom stereocenters. The summed E-state index contributed by atoms with van der Waals surface area (Å²) in [7, 11) is 0. The Hall–Kier alpha value is -1.63. The van der Waals surface area contributed by atoms with Gasteiger partial charge in [-0.1, -0.05) is 12.8 Å². The Morgan fingerprint density at radius 2 is 1.89 bits per heavy atom. The van der Waals surface area contributed by atoms with E-state index < -0.39 is 5.56 Å². The van der Waals surface area contributed by atoms with E-state index in [0.717, 1.165) is 25.9 Å². The molecule has 0 aliphatic carbocycles. The van der Waals surface area contributed by atoms with Crippen LogP contribution in [0.3, 0.4) is 0 Å². The number of hydrazone groups is 1. The molecule has 1 aromatic rings. The van der Waals surface area contributed by atoms with Gasteiger partial charge in [0.1, 0.15) is 5.56 Å². The second-order valence-electron chi connectivity index (χ2n) is 4.28. The summed E-state index contributed by atoms with van der Waals surface area (Å²) in [5.74, 6) is -0.248. The third-order valence-electron chi connectivity index (χ3n) is 2.89. The molecule has 98 valence electrons. The molecular weight excluding hydrogens is 252 g/mol. The Morgan fingerprint density at radius 3 is 2.50 bits per heavy atom. The topological polar surface area (TPSA) is 84.5 Å². The Morgan fingerprint density at radius 1 is 1.22 bits per heavy atom. The summed E-state index contributed by atoms with van der Waals surface area (Å²) in [6.07, 6.45) is 6.03. The van der Waals surface area contributed by atoms with Crippen LogP contribution in [0.4, 0.5) is 0 Å². The number of hydrogen-bond acceptors (Lipinski definition) is 5. The number of nitrogens with zero attached hydrogens (tertiary/aromatic N) is 2. The maximum Gasteiger partial charge on any atom is 0.264 e. The van der Waals surface area contributed by atoms with E-state index in [2.05, 4.69) is 15.1 Å². The van der Waals surface area contributed by atoms with Crippen molar-refractivity contribution in [3.63, 3.8) is 0 Å². The van der Waals surface area contributed by atoms with Crippen molar-refractivity contribution in [2.24, 2.45) is 5.10 Å². The van der Waals surface area contributed by atoms with Gasteiger partial charge < -0.3 is 10.1 Å². The molecule has 0 radical (unpaired) electrons. The van der Waals surface area contributed by atoms with E-state index in [9.17, 15) is 9.90 Å². The van der Waals surface area contributed by atoms with Gasteiger partial charge in [-0.05, 0) is 25.1 Å². The molecule has 1 aliphatic heterocycles. The zero-order valence-electron chi connectivity index (χ0n) is 9.98. The lowest BCUT2D eigenvalue weighted by molar-refractivity contribution is 0.302. The first kappa shape index (κ1) is 12.8. The molecule has 18 heavy (non-hydrogen) atoms. The van der Waals surface area contributed by atoms with Crippen LogP contribution in [0.1, 0.15) is 31.2 Å². The fourth-order valence-electron chi connectivity index (χ4n) is 1.91. The molecule has 7 heteroatoms. The summed E-state index contributed by atoms with van der Waals surface area (Å²) >= 11 is 4.75. The Bertz CT molecular complexity index is 541. The summed E-state index contributed by atoms with van der Waals surface area (Å²) in [4.78, 5) is 16.5. The maximum atomic E-state index is 11.6. The lowest BCUT2D eigenvalue weighted by atomic mass is 10.2. The van der Waals surface area contributed by atoms with Crippen molar-refractivity contribution in [1.29, 1.82) is 0 Å². The monoisotopic (exact) mass is 268 g/mol. The van der Waals surface area contributed by atoms with Crippen molar-refractivity contribution in [1.82, 2.24) is 15.0 Å². The highest BCUT2D eigenvalue weighted by atomic mass is 32.1. The van der Waals surface area contributed by atoms with E-state index in [1.807, 2.05) is 5.01 Å². The fourth-order valence-corrected chi connectivity index (χ4v) is 2.10. The van der Waals surface area contributed by atoms with Crippen molar-refractivity contribution in [3.8, 4) is 5.88 Å². The van der Waals surface area contributed by atoms with Crippen LogP contribution < -0.4 is 5.56 Å². The summed E-state index contributed by atoms with van der Waals surface area (Å²) in [5.41, 5.74) is -0.331. The minimum absolute atomic E-state index is 0.101. The van der Waals surface area contributed by atoms with Crippen LogP contribution >= 0.6 is 12.2 Å². The molecule has 1 fully saturated rings. The Kier molecular flexibility index (Phi) is 4.14. The predicted octanol–water partition coefficient (Wildman–Crippen LogP) is 1.35. The van der Waals surface area contributed by atoms with E-state index in [0.29, 0.717) is 0 Å². The minimum atomic E-state index is -0.435. The summed E-state index contributed by atoms with van der Waals surface area (Å²) in [5, 5.41) is 15.8. The third-order valence-corrected chi connectivity index (χ3v) is 3.10. The van der Waals surface area contributed by atoms with Crippen LogP contribution in [0.2, 0.25) is 0 Å². The van der Waals surface area contributed by atoms with E-state index in [-0.39, 0.29) is 16.2 Å². The number of aromatic amines is 2. The van der Waals surface area contributed by atoms with Gasteiger partial charge in [0, 0.05) is 13.1 Å². The van der Waals surface area contributed by atoms with Gasteiger partial charge in [-0.3, -0.25) is 14.8 Å². The minimum Gasteiger partial charge on any atom is -0.494 e. The summed E-state index contributed by atoms with van der Waals surface area (Å²) in [6, 6.07) is 0. The SMILES string of the molecule is O=c1[nH]c(=S)[nH]c(O)c1C=NN1CCCCCC1. The van der Waals surface area contributed by atoms with Crippen molar-refractivity contribution in [2.45, 2.75) is 25.7 Å². The van der Waals surface area contributed by atoms with Gasteiger partial charge in [0.2, 0.25) is 5.88 Å². The van der Waals surface area contributed by atoms with Gasteiger partial charge in [0.05, 0.1) is 6.21 Å². The molecule has 2 rings (SSSR count). The van der Waals surface area contributed by atoms with Gasteiger partial charge in [-0.25, -0.2) is 0 Å². The molecule has 3 N–H and O–H groups in total. The molecule has 0 spiro atoms. The van der Waals surface area contributed by atoms with Crippen LogP contribution in [-0.2, 0) is 0 Å². The van der Waals surface area contributed by atoms with Gasteiger partial charge in [0.15, 0.2) is 4.77 Å². The number of H-pyrrole nitrogens is 2. The first-order valence-electron chi connectivity index (χ1n) is 6.01. The molecule has 0 aromatic carbocycles. The number of rotatable bonds is 2. The van der Waals surface area contributed by atoms with Gasteiger partial charge in [0.25, 0.3) is 5.56 Å². The largest absolute Gasteiger partial charge is 0.494 e. The third kappa shape index (κ3) is 3.19. The molecular formula is C11H16N4O2S. The van der Waals surface area contributed by atoms with Gasteiger partial charge in [-0.15, -0.1) is 0 Å². The standard InChI is InChI=1S/C11H16N4O2S/c16-9-8(10(17)14-11(18)13-9)7-12-15-5-3-1-2-4-6-15/h7H,1-6H2,(H3,13,14,16,17,18). The van der Waals surface area contributed by atoms with E-state index in [1.165, 1.54) is 19.1 Å². The highest BCUT2D eigenvalue weighted by molar-refractivity contribution is 7.71. The number of hydrogen-bond donors (Lipinski definition) is 3. The second-order valence-corrected chi connectivity index (χ2v) is 4.69. The van der Waals surface area contributed by atoms with Crippen molar-refractivity contribution < 1.29 is 5.11 Å². The van der Waals surface area contributed by atoms with Crippen molar-refractivity contribution in [3.05, 3.63) is 20.7 Å². The van der Waals surface area contributed by atoms with Crippen LogP contribution in [-0.4, -0.2) is 39.4 Å². The zero-order valence-corrected chi connectivity index (χ0v) is 10.8. The molecule has 1 aromatic heterocycles. The lowest BCUT2D eigenvalue weighted by Crippen LogP contribution is -2.20. The molecule has 6 nitrogen and oxygen atoms in total. The Balaban J connectivity index is 2.18. The molecule has 0 unspecified atom stereocenters. The molecule has 0 bridgehead atoms. The molecule has 0 amide bonds. The average molecular weight is 268 g/mol. The van der Waals surface area contributed by atoms with Crippen LogP contribution in [0.25, 0.3) is 0 Å². The van der Waals surface area contributed by atoms with Gasteiger partial charge >= 0.3 is 0 Å². The first-order chi connectivity index (χ1) is 8.66. The molecule has 1 saturated heterocycles. The highest BCUT2D eigenvalue weighted by Gasteiger charge is 2.08. The normalized spacial score (nSPS) is 17.0. The smallest absolute Gasteiger partial charge is 0.264 e. The van der Waals surface area contributed by atoms with Crippen LogP contribution in [0, 0.1) is 4.77 Å². The molecule has 0 saturated carbocycles. The quantitative estimate of drug-likeness (QED) is 0.558. The zero-order chi connectivity index (χ0) is 13.0. The van der Waals surface area contributed by atoms with Crippen LogP contribution in [0.5, 0.6) is 5.88 Å². The highest BCUT2D eigenvalue weighted by Crippen LogP contribution is 2.10. The lowest BCUT2D eigenvalue weighted by Gasteiger charge is -2.15. The number of aromatic nitrogens is 2. The summed E-state index contributed by atoms with van der Waals surface area (Å²) < 4.78 is 0.101. The maximum absolute atomic E-state index is 11.6. The van der Waals surface area contributed by atoms with E-state index >= 15 is 0 Å². The van der Waals surface area contributed by atoms with Crippen molar-refractivity contribution >= 4 is 18.4 Å². The molecule has 2 heterocycles. The second kappa shape index (κ2) is 5.81. The number of nitrogens with one attached hydrogen (secondary N) is 2. The summed E-state index contributed by atoms with van der Waals surface area (Å²) in [6.45, 7) is 1.77. The van der Waals surface area contributed by atoms with E-state index in [4.69, 9.17) is 12.2 Å².